The standard InChI is InChI=1S/C16H19BClN5O2/c1-17(25)23-7-5-11(6-8-23)12-3-4-15(19-10-12)20-13-9-14(18)21-22(2)16(13)24/h3-5,9-10,25H,6-8H2,1-2H3,(H,19,20). The third kappa shape index (κ3) is 4.09. The Morgan fingerprint density at radius 1 is 1.40 bits per heavy atom. The number of nitrogens with zero attached hydrogens (tertiary/aromatic N) is 4. The predicted octanol–water partition coefficient (Wildman–Crippen LogP) is 1.77. The second-order valence-corrected chi connectivity index (χ2v) is 6.36. The van der Waals surface area contributed by atoms with Gasteiger partial charge in [0, 0.05) is 25.9 Å². The first kappa shape index (κ1) is 17.7. The molecule has 7 nitrogen and oxygen atoms in total. The first-order valence-corrected chi connectivity index (χ1v) is 8.40. The maximum Gasteiger partial charge on any atom is 0.376 e. The Morgan fingerprint density at radius 2 is 2.20 bits per heavy atom. The van der Waals surface area contributed by atoms with E-state index in [4.69, 9.17) is 11.6 Å². The fourth-order valence-corrected chi connectivity index (χ4v) is 2.97. The van der Waals surface area contributed by atoms with E-state index in [1.165, 1.54) is 16.3 Å². The van der Waals surface area contributed by atoms with Crippen molar-refractivity contribution in [1.82, 2.24) is 19.6 Å². The second kappa shape index (κ2) is 7.39. The lowest BCUT2D eigenvalue weighted by Gasteiger charge is -2.27. The van der Waals surface area contributed by atoms with E-state index in [1.54, 1.807) is 20.1 Å². The lowest BCUT2D eigenvalue weighted by molar-refractivity contribution is 0.392. The van der Waals surface area contributed by atoms with Crippen LogP contribution in [0, 0.1) is 0 Å². The molecule has 9 heteroatoms. The molecule has 0 atom stereocenters. The first-order valence-electron chi connectivity index (χ1n) is 8.02. The van der Waals surface area contributed by atoms with Crippen molar-refractivity contribution < 1.29 is 5.02 Å². The van der Waals surface area contributed by atoms with Crippen molar-refractivity contribution in [3.05, 3.63) is 51.5 Å². The molecule has 0 spiro atoms. The van der Waals surface area contributed by atoms with Gasteiger partial charge in [0.2, 0.25) is 0 Å². The van der Waals surface area contributed by atoms with E-state index < -0.39 is 7.05 Å². The van der Waals surface area contributed by atoms with Crippen LogP contribution in [-0.2, 0) is 7.05 Å². The minimum atomic E-state index is -0.433. The smallest absolute Gasteiger partial charge is 0.376 e. The highest BCUT2D eigenvalue weighted by Crippen LogP contribution is 2.23. The number of aromatic nitrogens is 3. The van der Waals surface area contributed by atoms with Crippen LogP contribution in [0.3, 0.4) is 0 Å². The van der Waals surface area contributed by atoms with E-state index in [-0.39, 0.29) is 10.7 Å². The molecule has 3 rings (SSSR count). The van der Waals surface area contributed by atoms with Crippen molar-refractivity contribution in [1.29, 1.82) is 0 Å². The second-order valence-electron chi connectivity index (χ2n) is 5.97. The van der Waals surface area contributed by atoms with Crippen LogP contribution in [0.25, 0.3) is 5.57 Å². The zero-order valence-electron chi connectivity index (χ0n) is 14.1. The summed E-state index contributed by atoms with van der Waals surface area (Å²) < 4.78 is 1.18. The number of aryl methyl sites for hydroxylation is 1. The SMILES string of the molecule is CB(O)N1CC=C(c2ccc(Nc3cc(Cl)nn(C)c3=O)nc2)CC1. The quantitative estimate of drug-likeness (QED) is 0.810. The summed E-state index contributed by atoms with van der Waals surface area (Å²) in [6.45, 7) is 3.31. The van der Waals surface area contributed by atoms with Gasteiger partial charge in [-0.25, -0.2) is 9.67 Å². The van der Waals surface area contributed by atoms with Crippen molar-refractivity contribution in [2.75, 3.05) is 18.4 Å². The van der Waals surface area contributed by atoms with E-state index >= 15 is 0 Å². The van der Waals surface area contributed by atoms with Crippen LogP contribution in [0.5, 0.6) is 0 Å². The van der Waals surface area contributed by atoms with Gasteiger partial charge in [-0.05, 0) is 43.1 Å². The largest absolute Gasteiger partial charge is 0.437 e. The van der Waals surface area contributed by atoms with Gasteiger partial charge in [0.05, 0.1) is 0 Å². The van der Waals surface area contributed by atoms with E-state index in [0.717, 1.165) is 25.1 Å². The third-order valence-corrected chi connectivity index (χ3v) is 4.38. The molecule has 0 aliphatic carbocycles. The number of hydrogen-bond acceptors (Lipinski definition) is 6. The summed E-state index contributed by atoms with van der Waals surface area (Å²) >= 11 is 5.89. The molecule has 25 heavy (non-hydrogen) atoms. The van der Waals surface area contributed by atoms with Crippen LogP contribution in [0.1, 0.15) is 12.0 Å². The van der Waals surface area contributed by atoms with Crippen molar-refractivity contribution >= 4 is 35.7 Å². The molecule has 0 bridgehead atoms. The Hall–Kier alpha value is -2.16. The summed E-state index contributed by atoms with van der Waals surface area (Å²) in [5.74, 6) is 0.560. The molecule has 0 aromatic carbocycles. The first-order chi connectivity index (χ1) is 11.9. The molecule has 0 fully saturated rings. The van der Waals surface area contributed by atoms with Gasteiger partial charge in [-0.15, -0.1) is 0 Å². The van der Waals surface area contributed by atoms with Gasteiger partial charge in [-0.1, -0.05) is 17.7 Å². The van der Waals surface area contributed by atoms with Crippen molar-refractivity contribution in [2.45, 2.75) is 13.2 Å². The molecule has 2 aromatic rings. The molecule has 1 aliphatic heterocycles. The predicted molar refractivity (Wildman–Crippen MR) is 100 cm³/mol. The molecular formula is C16H19BClN5O2. The van der Waals surface area contributed by atoms with Crippen molar-refractivity contribution in [3.8, 4) is 0 Å². The average molecular weight is 360 g/mol. The maximum atomic E-state index is 12.0. The lowest BCUT2D eigenvalue weighted by atomic mass is 9.82. The van der Waals surface area contributed by atoms with Gasteiger partial charge < -0.3 is 15.2 Å². The maximum absolute atomic E-state index is 12.0. The highest BCUT2D eigenvalue weighted by atomic mass is 35.5. The van der Waals surface area contributed by atoms with E-state index in [9.17, 15) is 9.82 Å². The molecule has 130 valence electrons. The molecule has 1 aliphatic rings. The Bertz CT molecular complexity index is 851. The zero-order valence-corrected chi connectivity index (χ0v) is 14.9. The van der Waals surface area contributed by atoms with Gasteiger partial charge in [-0.3, -0.25) is 4.79 Å². The number of anilines is 2. The zero-order chi connectivity index (χ0) is 18.0. The fourth-order valence-electron chi connectivity index (χ4n) is 2.74. The molecule has 2 aromatic heterocycles. The van der Waals surface area contributed by atoms with E-state index in [1.807, 2.05) is 16.9 Å². The van der Waals surface area contributed by atoms with Crippen LogP contribution < -0.4 is 10.9 Å². The topological polar surface area (TPSA) is 83.3 Å². The van der Waals surface area contributed by atoms with Crippen molar-refractivity contribution in [3.63, 3.8) is 0 Å². The summed E-state index contributed by atoms with van der Waals surface area (Å²) in [6.07, 6.45) is 4.75. The number of halogens is 1. The fraction of sp³-hybridized carbons (Fsp3) is 0.312. The Kier molecular flexibility index (Phi) is 5.22. The van der Waals surface area contributed by atoms with Gasteiger partial charge in [0.1, 0.15) is 11.5 Å². The number of nitrogens with one attached hydrogen (secondary N) is 1. The van der Waals surface area contributed by atoms with Crippen LogP contribution in [0.15, 0.2) is 35.3 Å². The average Bonchev–Trinajstić information content (AvgIpc) is 2.60. The number of hydrogen-bond donors (Lipinski definition) is 2. The summed E-state index contributed by atoms with van der Waals surface area (Å²) in [5, 5.41) is 16.7. The minimum Gasteiger partial charge on any atom is -0.437 e. The highest BCUT2D eigenvalue weighted by molar-refractivity contribution is 6.45. The van der Waals surface area contributed by atoms with Crippen LogP contribution >= 0.6 is 11.6 Å². The molecule has 0 saturated heterocycles. The number of rotatable bonds is 4. The number of pyridine rings is 1. The van der Waals surface area contributed by atoms with Gasteiger partial charge in [0.25, 0.3) is 5.56 Å². The van der Waals surface area contributed by atoms with Gasteiger partial charge >= 0.3 is 7.05 Å². The summed E-state index contributed by atoms with van der Waals surface area (Å²) in [7, 11) is 1.11. The molecule has 3 heterocycles. The molecule has 0 amide bonds. The molecule has 0 radical (unpaired) electrons. The molecule has 0 unspecified atom stereocenters. The van der Waals surface area contributed by atoms with Crippen LogP contribution in [-0.4, -0.2) is 44.7 Å². The third-order valence-electron chi connectivity index (χ3n) is 4.20. The van der Waals surface area contributed by atoms with Gasteiger partial charge in [-0.2, -0.15) is 5.10 Å². The van der Waals surface area contributed by atoms with E-state index in [0.29, 0.717) is 11.5 Å². The van der Waals surface area contributed by atoms with Crippen molar-refractivity contribution in [2.24, 2.45) is 7.05 Å². The van der Waals surface area contributed by atoms with Crippen LogP contribution in [0.2, 0.25) is 12.0 Å². The minimum absolute atomic E-state index is 0.233. The Labute approximate surface area is 151 Å². The Morgan fingerprint density at radius 3 is 2.80 bits per heavy atom. The summed E-state index contributed by atoms with van der Waals surface area (Å²) in [6, 6.07) is 5.27. The summed E-state index contributed by atoms with van der Waals surface area (Å²) in [4.78, 5) is 18.4. The van der Waals surface area contributed by atoms with E-state index in [2.05, 4.69) is 21.5 Å². The monoisotopic (exact) mass is 359 g/mol. The molecule has 0 saturated carbocycles. The Balaban J connectivity index is 1.74. The lowest BCUT2D eigenvalue weighted by Crippen LogP contribution is -2.39. The van der Waals surface area contributed by atoms with Crippen LogP contribution in [0.4, 0.5) is 11.5 Å². The normalized spacial score (nSPS) is 15.0. The van der Waals surface area contributed by atoms with Gasteiger partial charge in [0.15, 0.2) is 5.15 Å². The molecule has 2 N–H and O–H groups in total. The summed E-state index contributed by atoms with van der Waals surface area (Å²) in [5.41, 5.74) is 2.30. The molecular weight excluding hydrogens is 340 g/mol. The highest BCUT2D eigenvalue weighted by Gasteiger charge is 2.19.